The van der Waals surface area contributed by atoms with Gasteiger partial charge >= 0.3 is 0 Å². The quantitative estimate of drug-likeness (QED) is 0.775. The fraction of sp³-hybridized carbons (Fsp3) is 0.316. The van der Waals surface area contributed by atoms with Crippen molar-refractivity contribution >= 4 is 27.5 Å². The Kier molecular flexibility index (Phi) is 5.58. The van der Waals surface area contributed by atoms with Gasteiger partial charge in [0.1, 0.15) is 11.6 Å². The lowest BCUT2D eigenvalue weighted by Crippen LogP contribution is -2.52. The number of nitrogens with zero attached hydrogens (tertiary/aromatic N) is 2. The van der Waals surface area contributed by atoms with Crippen LogP contribution in [0.3, 0.4) is 0 Å². The van der Waals surface area contributed by atoms with Crippen molar-refractivity contribution in [3.8, 4) is 5.75 Å². The van der Waals surface area contributed by atoms with E-state index in [4.69, 9.17) is 4.74 Å². The Morgan fingerprint density at radius 1 is 1.04 bits per heavy atom. The van der Waals surface area contributed by atoms with E-state index in [1.807, 2.05) is 29.2 Å². The number of benzene rings is 2. The summed E-state index contributed by atoms with van der Waals surface area (Å²) >= 11 is 3.38. The Bertz CT molecular complexity index is 713. The van der Waals surface area contributed by atoms with Gasteiger partial charge in [-0.15, -0.1) is 0 Å². The lowest BCUT2D eigenvalue weighted by Gasteiger charge is -2.37. The number of hydrogen-bond donors (Lipinski definition) is 0. The molecule has 1 fully saturated rings. The first-order valence-electron chi connectivity index (χ1n) is 8.24. The smallest absolute Gasteiger partial charge is 0.263 e. The minimum absolute atomic E-state index is 0.0123. The molecule has 1 aliphatic heterocycles. The molecule has 0 spiro atoms. The van der Waals surface area contributed by atoms with Crippen molar-refractivity contribution in [2.24, 2.45) is 0 Å². The lowest BCUT2D eigenvalue weighted by atomic mass is 10.2. The molecule has 0 aliphatic carbocycles. The van der Waals surface area contributed by atoms with E-state index in [0.717, 1.165) is 23.2 Å². The Balaban J connectivity index is 1.53. The van der Waals surface area contributed by atoms with Crippen LogP contribution in [-0.4, -0.2) is 43.1 Å². The molecule has 132 valence electrons. The van der Waals surface area contributed by atoms with E-state index in [9.17, 15) is 9.18 Å². The van der Waals surface area contributed by atoms with Crippen LogP contribution in [-0.2, 0) is 4.79 Å². The summed E-state index contributed by atoms with van der Waals surface area (Å²) in [6, 6.07) is 13.9. The molecule has 1 aliphatic rings. The fourth-order valence-electron chi connectivity index (χ4n) is 2.86. The minimum atomic E-state index is -0.529. The first-order chi connectivity index (χ1) is 12.0. The molecule has 1 amide bonds. The molecule has 0 radical (unpaired) electrons. The van der Waals surface area contributed by atoms with Crippen molar-refractivity contribution in [2.75, 3.05) is 31.1 Å². The summed E-state index contributed by atoms with van der Waals surface area (Å²) < 4.78 is 19.7. The van der Waals surface area contributed by atoms with E-state index in [0.29, 0.717) is 18.8 Å². The van der Waals surface area contributed by atoms with Crippen LogP contribution in [0.25, 0.3) is 0 Å². The number of carbonyl (C=O) groups excluding carboxylic acids is 1. The van der Waals surface area contributed by atoms with Crippen molar-refractivity contribution < 1.29 is 13.9 Å². The topological polar surface area (TPSA) is 32.8 Å². The maximum atomic E-state index is 13.0. The molecule has 1 atom stereocenters. The number of anilines is 1. The van der Waals surface area contributed by atoms with Gasteiger partial charge in [0.25, 0.3) is 5.91 Å². The van der Waals surface area contributed by atoms with E-state index in [1.165, 1.54) is 12.1 Å². The molecule has 0 saturated carbocycles. The third kappa shape index (κ3) is 4.51. The highest BCUT2D eigenvalue weighted by Crippen LogP contribution is 2.20. The number of carbonyl (C=O) groups is 1. The van der Waals surface area contributed by atoms with Crippen LogP contribution in [0.5, 0.6) is 5.75 Å². The second-order valence-corrected chi connectivity index (χ2v) is 6.92. The lowest BCUT2D eigenvalue weighted by molar-refractivity contribution is -0.138. The molecular formula is C19H20BrFN2O2. The molecule has 1 saturated heterocycles. The zero-order valence-corrected chi connectivity index (χ0v) is 15.6. The van der Waals surface area contributed by atoms with Gasteiger partial charge in [0.15, 0.2) is 6.10 Å². The van der Waals surface area contributed by atoms with Crippen LogP contribution in [0.1, 0.15) is 6.92 Å². The minimum Gasteiger partial charge on any atom is -0.481 e. The predicted octanol–water partition coefficient (Wildman–Crippen LogP) is 3.70. The fourth-order valence-corrected chi connectivity index (χ4v) is 3.13. The van der Waals surface area contributed by atoms with E-state index in [2.05, 4.69) is 20.8 Å². The molecule has 1 heterocycles. The Morgan fingerprint density at radius 2 is 1.64 bits per heavy atom. The number of halogens is 2. The van der Waals surface area contributed by atoms with Gasteiger partial charge in [0.2, 0.25) is 0 Å². The summed E-state index contributed by atoms with van der Waals surface area (Å²) in [5.74, 6) is 0.423. The molecule has 2 aromatic rings. The van der Waals surface area contributed by atoms with Crippen molar-refractivity contribution in [1.29, 1.82) is 0 Å². The second-order valence-electron chi connectivity index (χ2n) is 6.00. The number of rotatable bonds is 4. The van der Waals surface area contributed by atoms with Gasteiger partial charge in [0.05, 0.1) is 0 Å². The largest absolute Gasteiger partial charge is 0.481 e. The van der Waals surface area contributed by atoms with Crippen LogP contribution in [0.4, 0.5) is 10.1 Å². The van der Waals surface area contributed by atoms with Gasteiger partial charge in [-0.1, -0.05) is 15.9 Å². The second kappa shape index (κ2) is 7.87. The van der Waals surface area contributed by atoms with Gasteiger partial charge in [-0.05, 0) is 55.5 Å². The highest BCUT2D eigenvalue weighted by molar-refractivity contribution is 9.10. The maximum Gasteiger partial charge on any atom is 0.263 e. The van der Waals surface area contributed by atoms with Crippen LogP contribution >= 0.6 is 15.9 Å². The molecular weight excluding hydrogens is 387 g/mol. The van der Waals surface area contributed by atoms with Crippen LogP contribution < -0.4 is 9.64 Å². The Hall–Kier alpha value is -2.08. The Labute approximate surface area is 155 Å². The molecule has 1 unspecified atom stereocenters. The van der Waals surface area contributed by atoms with Gasteiger partial charge in [-0.3, -0.25) is 4.79 Å². The van der Waals surface area contributed by atoms with Crippen LogP contribution in [0, 0.1) is 5.82 Å². The predicted molar refractivity (Wildman–Crippen MR) is 99.4 cm³/mol. The summed E-state index contributed by atoms with van der Waals surface area (Å²) in [6.45, 7) is 4.48. The molecule has 6 heteroatoms. The standard InChI is InChI=1S/C19H20BrFN2O2/c1-14(25-18-8-2-15(20)3-9-18)19(24)23-12-10-22(11-13-23)17-6-4-16(21)5-7-17/h2-9,14H,10-13H2,1H3. The molecule has 2 aromatic carbocycles. The average Bonchev–Trinajstić information content (AvgIpc) is 2.64. The number of hydrogen-bond acceptors (Lipinski definition) is 3. The van der Waals surface area contributed by atoms with Gasteiger partial charge < -0.3 is 14.5 Å². The van der Waals surface area contributed by atoms with Crippen molar-refractivity contribution in [2.45, 2.75) is 13.0 Å². The van der Waals surface area contributed by atoms with E-state index >= 15 is 0 Å². The first-order valence-corrected chi connectivity index (χ1v) is 9.04. The van der Waals surface area contributed by atoms with Crippen molar-refractivity contribution in [3.05, 3.63) is 58.8 Å². The SMILES string of the molecule is CC(Oc1ccc(Br)cc1)C(=O)N1CCN(c2ccc(F)cc2)CC1. The highest BCUT2D eigenvalue weighted by atomic mass is 79.9. The van der Waals surface area contributed by atoms with Crippen molar-refractivity contribution in [3.63, 3.8) is 0 Å². The van der Waals surface area contributed by atoms with Crippen LogP contribution in [0.15, 0.2) is 53.0 Å². The summed E-state index contributed by atoms with van der Waals surface area (Å²) in [5, 5.41) is 0. The summed E-state index contributed by atoms with van der Waals surface area (Å²) in [7, 11) is 0. The highest BCUT2D eigenvalue weighted by Gasteiger charge is 2.26. The summed E-state index contributed by atoms with van der Waals surface area (Å²) in [4.78, 5) is 16.6. The summed E-state index contributed by atoms with van der Waals surface area (Å²) in [6.07, 6.45) is -0.529. The molecule has 4 nitrogen and oxygen atoms in total. The zero-order chi connectivity index (χ0) is 17.8. The number of piperazine rings is 1. The van der Waals surface area contributed by atoms with Gasteiger partial charge in [0, 0.05) is 36.3 Å². The maximum absolute atomic E-state index is 13.0. The van der Waals surface area contributed by atoms with E-state index < -0.39 is 6.10 Å². The zero-order valence-electron chi connectivity index (χ0n) is 14.0. The van der Waals surface area contributed by atoms with Crippen molar-refractivity contribution in [1.82, 2.24) is 4.90 Å². The number of ether oxygens (including phenoxy) is 1. The van der Waals surface area contributed by atoms with E-state index in [1.54, 1.807) is 19.1 Å². The number of amides is 1. The normalized spacial score (nSPS) is 15.8. The molecule has 0 aromatic heterocycles. The molecule has 0 bridgehead atoms. The van der Waals surface area contributed by atoms with E-state index in [-0.39, 0.29) is 11.7 Å². The van der Waals surface area contributed by atoms with Crippen LogP contribution in [0.2, 0.25) is 0 Å². The van der Waals surface area contributed by atoms with Gasteiger partial charge in [-0.2, -0.15) is 0 Å². The monoisotopic (exact) mass is 406 g/mol. The van der Waals surface area contributed by atoms with Gasteiger partial charge in [-0.25, -0.2) is 4.39 Å². The Morgan fingerprint density at radius 3 is 2.24 bits per heavy atom. The summed E-state index contributed by atoms with van der Waals surface area (Å²) in [5.41, 5.74) is 0.979. The third-order valence-corrected chi connectivity index (χ3v) is 4.79. The molecule has 3 rings (SSSR count). The third-order valence-electron chi connectivity index (χ3n) is 4.26. The average molecular weight is 407 g/mol. The first kappa shape index (κ1) is 17.7. The molecule has 25 heavy (non-hydrogen) atoms. The molecule has 0 N–H and O–H groups in total.